The molecule has 0 spiro atoms. The molecular formula is C13H23N3O2S. The Morgan fingerprint density at radius 1 is 1.42 bits per heavy atom. The van der Waals surface area contributed by atoms with E-state index in [4.69, 9.17) is 0 Å². The van der Waals surface area contributed by atoms with Gasteiger partial charge in [-0.3, -0.25) is 0 Å². The van der Waals surface area contributed by atoms with Crippen LogP contribution in [0, 0.1) is 0 Å². The molecule has 1 aliphatic rings. The fraction of sp³-hybridized carbons (Fsp3) is 0.769. The lowest BCUT2D eigenvalue weighted by atomic mass is 9.96. The van der Waals surface area contributed by atoms with Gasteiger partial charge >= 0.3 is 0 Å². The van der Waals surface area contributed by atoms with Gasteiger partial charge in [0.05, 0.1) is 5.75 Å². The van der Waals surface area contributed by atoms with Gasteiger partial charge in [-0.1, -0.05) is 19.3 Å². The SMILES string of the molecule is CC(CS(C)(=O)=O)n1ccnc1NC1CCCCC1. The van der Waals surface area contributed by atoms with Crippen LogP contribution >= 0.6 is 0 Å². The number of sulfone groups is 1. The summed E-state index contributed by atoms with van der Waals surface area (Å²) in [6.07, 6.45) is 11.0. The summed E-state index contributed by atoms with van der Waals surface area (Å²) in [5, 5.41) is 3.45. The first-order valence-electron chi connectivity index (χ1n) is 6.93. The number of imidazole rings is 1. The van der Waals surface area contributed by atoms with Crippen molar-refractivity contribution < 1.29 is 8.42 Å². The fourth-order valence-electron chi connectivity index (χ4n) is 2.73. The third kappa shape index (κ3) is 4.23. The van der Waals surface area contributed by atoms with E-state index in [0.717, 1.165) is 5.95 Å². The third-order valence-electron chi connectivity index (χ3n) is 3.63. The highest BCUT2D eigenvalue weighted by Gasteiger charge is 2.18. The zero-order chi connectivity index (χ0) is 13.9. The van der Waals surface area contributed by atoms with Crippen molar-refractivity contribution in [3.63, 3.8) is 0 Å². The Labute approximate surface area is 115 Å². The summed E-state index contributed by atoms with van der Waals surface area (Å²) in [7, 11) is -2.98. The van der Waals surface area contributed by atoms with E-state index >= 15 is 0 Å². The average molecular weight is 285 g/mol. The van der Waals surface area contributed by atoms with E-state index in [9.17, 15) is 8.42 Å². The molecule has 0 aliphatic heterocycles. The Bertz CT molecular complexity index is 504. The maximum Gasteiger partial charge on any atom is 0.203 e. The van der Waals surface area contributed by atoms with Crippen molar-refractivity contribution in [3.05, 3.63) is 12.4 Å². The highest BCUT2D eigenvalue weighted by atomic mass is 32.2. The minimum Gasteiger partial charge on any atom is -0.353 e. The fourth-order valence-corrected chi connectivity index (χ4v) is 3.77. The molecule has 1 atom stereocenters. The van der Waals surface area contributed by atoms with Gasteiger partial charge in [-0.15, -0.1) is 0 Å². The molecule has 1 heterocycles. The second-order valence-electron chi connectivity index (χ2n) is 5.58. The summed E-state index contributed by atoms with van der Waals surface area (Å²) < 4.78 is 24.7. The van der Waals surface area contributed by atoms with Crippen LogP contribution in [0.3, 0.4) is 0 Å². The molecule has 1 unspecified atom stereocenters. The lowest BCUT2D eigenvalue weighted by Gasteiger charge is -2.25. The normalized spacial score (nSPS) is 19.3. The number of nitrogens with zero attached hydrogens (tertiary/aromatic N) is 2. The number of hydrogen-bond acceptors (Lipinski definition) is 4. The van der Waals surface area contributed by atoms with Crippen LogP contribution < -0.4 is 5.32 Å². The molecule has 0 radical (unpaired) electrons. The highest BCUT2D eigenvalue weighted by molar-refractivity contribution is 7.90. The summed E-state index contributed by atoms with van der Waals surface area (Å²) in [5.41, 5.74) is 0. The Morgan fingerprint density at radius 2 is 2.11 bits per heavy atom. The molecule has 1 aromatic rings. The van der Waals surface area contributed by atoms with E-state index in [2.05, 4.69) is 10.3 Å². The molecule has 1 N–H and O–H groups in total. The van der Waals surface area contributed by atoms with Crippen LogP contribution in [0.4, 0.5) is 5.95 Å². The third-order valence-corrected chi connectivity index (χ3v) is 4.71. The van der Waals surface area contributed by atoms with Crippen molar-refractivity contribution in [2.24, 2.45) is 0 Å². The van der Waals surface area contributed by atoms with Crippen LogP contribution in [-0.4, -0.2) is 36.0 Å². The van der Waals surface area contributed by atoms with E-state index in [-0.39, 0.29) is 11.8 Å². The number of anilines is 1. The van der Waals surface area contributed by atoms with E-state index in [1.54, 1.807) is 6.20 Å². The first-order chi connectivity index (χ1) is 8.96. The van der Waals surface area contributed by atoms with Crippen molar-refractivity contribution in [1.82, 2.24) is 9.55 Å². The standard InChI is InChI=1S/C13H23N3O2S/c1-11(10-19(2,17)18)16-9-8-14-13(16)15-12-6-4-3-5-7-12/h8-9,11-12H,3-7,10H2,1-2H3,(H,14,15). The molecule has 2 rings (SSSR count). The lowest BCUT2D eigenvalue weighted by Crippen LogP contribution is -2.26. The maximum absolute atomic E-state index is 11.4. The predicted octanol–water partition coefficient (Wildman–Crippen LogP) is 2.23. The number of rotatable bonds is 5. The molecule has 1 fully saturated rings. The van der Waals surface area contributed by atoms with Crippen LogP contribution in [0.5, 0.6) is 0 Å². The van der Waals surface area contributed by atoms with Gasteiger partial charge in [0, 0.05) is 30.7 Å². The van der Waals surface area contributed by atoms with E-state index in [0.29, 0.717) is 6.04 Å². The van der Waals surface area contributed by atoms with Gasteiger partial charge in [0.2, 0.25) is 5.95 Å². The van der Waals surface area contributed by atoms with Crippen molar-refractivity contribution in [2.45, 2.75) is 51.1 Å². The molecule has 1 aromatic heterocycles. The van der Waals surface area contributed by atoms with Crippen molar-refractivity contribution in [3.8, 4) is 0 Å². The first kappa shape index (κ1) is 14.4. The minimum absolute atomic E-state index is 0.0939. The van der Waals surface area contributed by atoms with Crippen molar-refractivity contribution >= 4 is 15.8 Å². The molecule has 0 aromatic carbocycles. The molecule has 0 amide bonds. The van der Waals surface area contributed by atoms with Crippen LogP contribution in [0.25, 0.3) is 0 Å². The topological polar surface area (TPSA) is 64.0 Å². The molecule has 0 saturated heterocycles. The quantitative estimate of drug-likeness (QED) is 0.901. The van der Waals surface area contributed by atoms with Crippen LogP contribution in [-0.2, 0) is 9.84 Å². The van der Waals surface area contributed by atoms with Crippen molar-refractivity contribution in [1.29, 1.82) is 0 Å². The van der Waals surface area contributed by atoms with Gasteiger partial charge in [0.1, 0.15) is 9.84 Å². The smallest absolute Gasteiger partial charge is 0.203 e. The van der Waals surface area contributed by atoms with Gasteiger partial charge in [-0.05, 0) is 19.8 Å². The van der Waals surface area contributed by atoms with Crippen LogP contribution in [0.2, 0.25) is 0 Å². The Kier molecular flexibility index (Phi) is 4.50. The van der Waals surface area contributed by atoms with Crippen LogP contribution in [0.15, 0.2) is 12.4 Å². The van der Waals surface area contributed by atoms with Crippen LogP contribution in [0.1, 0.15) is 45.1 Å². The lowest BCUT2D eigenvalue weighted by molar-refractivity contribution is 0.457. The monoisotopic (exact) mass is 285 g/mol. The molecule has 6 heteroatoms. The number of nitrogens with one attached hydrogen (secondary N) is 1. The number of aromatic nitrogens is 2. The largest absolute Gasteiger partial charge is 0.353 e. The minimum atomic E-state index is -2.98. The first-order valence-corrected chi connectivity index (χ1v) is 8.99. The molecule has 108 valence electrons. The zero-order valence-electron chi connectivity index (χ0n) is 11.7. The number of hydrogen-bond donors (Lipinski definition) is 1. The molecule has 19 heavy (non-hydrogen) atoms. The average Bonchev–Trinajstić information content (AvgIpc) is 2.76. The summed E-state index contributed by atoms with van der Waals surface area (Å²) in [4.78, 5) is 4.32. The second kappa shape index (κ2) is 5.94. The molecule has 1 aliphatic carbocycles. The van der Waals surface area contributed by atoms with Crippen molar-refractivity contribution in [2.75, 3.05) is 17.3 Å². The Morgan fingerprint density at radius 3 is 2.74 bits per heavy atom. The van der Waals surface area contributed by atoms with Gasteiger partial charge < -0.3 is 9.88 Å². The highest BCUT2D eigenvalue weighted by Crippen LogP contribution is 2.22. The molecular weight excluding hydrogens is 262 g/mol. The summed E-state index contributed by atoms with van der Waals surface area (Å²) in [6.45, 7) is 1.91. The van der Waals surface area contributed by atoms with Gasteiger partial charge in [0.15, 0.2) is 0 Å². The molecule has 1 saturated carbocycles. The summed E-state index contributed by atoms with van der Waals surface area (Å²) in [6, 6.07) is 0.379. The summed E-state index contributed by atoms with van der Waals surface area (Å²) in [5.74, 6) is 0.936. The molecule has 5 nitrogen and oxygen atoms in total. The van der Waals surface area contributed by atoms with Gasteiger partial charge in [0.25, 0.3) is 0 Å². The predicted molar refractivity (Wildman–Crippen MR) is 77.1 cm³/mol. The second-order valence-corrected chi connectivity index (χ2v) is 7.76. The zero-order valence-corrected chi connectivity index (χ0v) is 12.5. The summed E-state index contributed by atoms with van der Waals surface area (Å²) >= 11 is 0. The van der Waals surface area contributed by atoms with E-state index < -0.39 is 9.84 Å². The maximum atomic E-state index is 11.4. The van der Waals surface area contributed by atoms with E-state index in [1.165, 1.54) is 38.4 Å². The van der Waals surface area contributed by atoms with Gasteiger partial charge in [-0.2, -0.15) is 0 Å². The van der Waals surface area contributed by atoms with Gasteiger partial charge in [-0.25, -0.2) is 13.4 Å². The molecule has 0 bridgehead atoms. The van der Waals surface area contributed by atoms with E-state index in [1.807, 2.05) is 17.7 Å². The Hall–Kier alpha value is -1.04. The Balaban J connectivity index is 2.04.